The summed E-state index contributed by atoms with van der Waals surface area (Å²) in [5, 5.41) is 3.11. The quantitative estimate of drug-likeness (QED) is 0.488. The molecular weight excluding hydrogens is 458 g/mol. The van der Waals surface area contributed by atoms with Crippen LogP contribution < -0.4 is 10.0 Å². The number of nitrogens with one attached hydrogen (secondary N) is 2. The smallest absolute Gasteiger partial charge is 0.261 e. The van der Waals surface area contributed by atoms with Crippen LogP contribution in [0.15, 0.2) is 77.7 Å². The van der Waals surface area contributed by atoms with Gasteiger partial charge >= 0.3 is 0 Å². The Morgan fingerprint density at radius 3 is 2.27 bits per heavy atom. The first-order valence-electron chi connectivity index (χ1n) is 10.9. The van der Waals surface area contributed by atoms with Crippen molar-refractivity contribution in [2.75, 3.05) is 17.8 Å². The molecule has 0 unspecified atom stereocenters. The van der Waals surface area contributed by atoms with Gasteiger partial charge in [0.05, 0.1) is 21.2 Å². The zero-order valence-electron chi connectivity index (χ0n) is 18.1. The van der Waals surface area contributed by atoms with Crippen molar-refractivity contribution in [2.45, 2.75) is 30.8 Å². The molecule has 0 radical (unpaired) electrons. The summed E-state index contributed by atoms with van der Waals surface area (Å²) < 4.78 is 27.5. The Morgan fingerprint density at radius 1 is 0.909 bits per heavy atom. The number of amides is 1. The van der Waals surface area contributed by atoms with Gasteiger partial charge in [-0.15, -0.1) is 0 Å². The molecule has 0 atom stereocenters. The number of benzene rings is 3. The van der Waals surface area contributed by atoms with E-state index in [0.717, 1.165) is 25.2 Å². The summed E-state index contributed by atoms with van der Waals surface area (Å²) in [4.78, 5) is 15.3. The van der Waals surface area contributed by atoms with Crippen molar-refractivity contribution >= 4 is 33.2 Å². The molecule has 0 bridgehead atoms. The first-order valence-corrected chi connectivity index (χ1v) is 12.7. The van der Waals surface area contributed by atoms with Gasteiger partial charge in [-0.2, -0.15) is 0 Å². The van der Waals surface area contributed by atoms with Gasteiger partial charge in [-0.1, -0.05) is 54.1 Å². The number of nitrogens with zero attached hydrogens (tertiary/aromatic N) is 1. The van der Waals surface area contributed by atoms with Gasteiger partial charge in [0.2, 0.25) is 0 Å². The van der Waals surface area contributed by atoms with Crippen LogP contribution >= 0.6 is 11.6 Å². The molecule has 0 aliphatic carbocycles. The van der Waals surface area contributed by atoms with Crippen molar-refractivity contribution < 1.29 is 13.2 Å². The monoisotopic (exact) mass is 483 g/mol. The Kier molecular flexibility index (Phi) is 7.33. The summed E-state index contributed by atoms with van der Waals surface area (Å²) in [5.41, 5.74) is 2.85. The fourth-order valence-corrected chi connectivity index (χ4v) is 5.25. The van der Waals surface area contributed by atoms with Crippen LogP contribution in [0, 0.1) is 0 Å². The average molecular weight is 484 g/mol. The molecule has 1 aliphatic rings. The fraction of sp³-hybridized carbons (Fsp3) is 0.240. The lowest BCUT2D eigenvalue weighted by Crippen LogP contribution is -2.25. The van der Waals surface area contributed by atoms with Crippen LogP contribution in [0.4, 0.5) is 5.69 Å². The van der Waals surface area contributed by atoms with E-state index in [9.17, 15) is 13.2 Å². The first-order chi connectivity index (χ1) is 15.9. The highest BCUT2D eigenvalue weighted by Gasteiger charge is 2.17. The summed E-state index contributed by atoms with van der Waals surface area (Å²) in [6, 6.07) is 20.7. The van der Waals surface area contributed by atoms with Gasteiger partial charge in [0.15, 0.2) is 0 Å². The van der Waals surface area contributed by atoms with Crippen LogP contribution in [-0.4, -0.2) is 32.3 Å². The van der Waals surface area contributed by atoms with Crippen LogP contribution in [-0.2, 0) is 23.1 Å². The predicted molar refractivity (Wildman–Crippen MR) is 131 cm³/mol. The van der Waals surface area contributed by atoms with Gasteiger partial charge < -0.3 is 5.32 Å². The highest BCUT2D eigenvalue weighted by atomic mass is 35.5. The molecule has 1 heterocycles. The molecule has 1 amide bonds. The van der Waals surface area contributed by atoms with Gasteiger partial charge in [0.1, 0.15) is 0 Å². The summed E-state index contributed by atoms with van der Waals surface area (Å²) in [5.74, 6) is -0.312. The molecule has 6 nitrogen and oxygen atoms in total. The van der Waals surface area contributed by atoms with Gasteiger partial charge in [-0.25, -0.2) is 8.42 Å². The minimum atomic E-state index is -3.74. The number of sulfonamides is 1. The lowest BCUT2D eigenvalue weighted by Gasteiger charge is -2.18. The maximum absolute atomic E-state index is 12.8. The van der Waals surface area contributed by atoms with E-state index >= 15 is 0 Å². The zero-order valence-corrected chi connectivity index (χ0v) is 19.7. The van der Waals surface area contributed by atoms with E-state index in [-0.39, 0.29) is 27.1 Å². The summed E-state index contributed by atoms with van der Waals surface area (Å²) in [6.45, 7) is 3.48. The second kappa shape index (κ2) is 10.4. The van der Waals surface area contributed by atoms with E-state index in [4.69, 9.17) is 11.6 Å². The van der Waals surface area contributed by atoms with Gasteiger partial charge in [0.25, 0.3) is 15.9 Å². The SMILES string of the molecule is O=C(NCc1ccccc1CN1CCCC1)c1ccc(NS(=O)(=O)c2ccccc2)cc1Cl. The number of carbonyl (C=O) groups excluding carboxylic acids is 1. The summed E-state index contributed by atoms with van der Waals surface area (Å²) in [6.07, 6.45) is 2.46. The van der Waals surface area contributed by atoms with Crippen LogP contribution in [0.2, 0.25) is 5.02 Å². The highest BCUT2D eigenvalue weighted by molar-refractivity contribution is 7.92. The lowest BCUT2D eigenvalue weighted by atomic mass is 10.1. The Labute approximate surface area is 199 Å². The second-order valence-electron chi connectivity index (χ2n) is 8.05. The molecule has 1 saturated heterocycles. The molecular formula is C25H26ClN3O3S. The number of hydrogen-bond acceptors (Lipinski definition) is 4. The molecule has 4 rings (SSSR count). The standard InChI is InChI=1S/C25H26ClN3O3S/c26-24-16-21(28-33(31,32)22-10-2-1-3-11-22)12-13-23(24)25(30)27-17-19-8-4-5-9-20(19)18-29-14-6-7-15-29/h1-5,8-13,16,28H,6-7,14-15,17-18H2,(H,27,30). The summed E-state index contributed by atoms with van der Waals surface area (Å²) >= 11 is 6.32. The van der Waals surface area contributed by atoms with Crippen molar-refractivity contribution in [1.29, 1.82) is 0 Å². The molecule has 3 aromatic carbocycles. The lowest BCUT2D eigenvalue weighted by molar-refractivity contribution is 0.0951. The maximum Gasteiger partial charge on any atom is 0.261 e. The van der Waals surface area contributed by atoms with Crippen molar-refractivity contribution in [3.8, 4) is 0 Å². The second-order valence-corrected chi connectivity index (χ2v) is 10.1. The van der Waals surface area contributed by atoms with Crippen LogP contribution in [0.1, 0.15) is 34.3 Å². The Balaban J connectivity index is 1.41. The Hall–Kier alpha value is -2.87. The minimum Gasteiger partial charge on any atom is -0.348 e. The topological polar surface area (TPSA) is 78.5 Å². The van der Waals surface area contributed by atoms with Crippen LogP contribution in [0.3, 0.4) is 0 Å². The van der Waals surface area contributed by atoms with Crippen molar-refractivity contribution in [2.24, 2.45) is 0 Å². The van der Waals surface area contributed by atoms with Gasteiger partial charge in [-0.05, 0) is 67.4 Å². The first kappa shape index (κ1) is 23.3. The van der Waals surface area contributed by atoms with Gasteiger partial charge in [-0.3, -0.25) is 14.4 Å². The van der Waals surface area contributed by atoms with Crippen molar-refractivity contribution in [3.63, 3.8) is 0 Å². The fourth-order valence-electron chi connectivity index (χ4n) is 3.91. The molecule has 3 aromatic rings. The molecule has 1 fully saturated rings. The maximum atomic E-state index is 12.8. The predicted octanol–water partition coefficient (Wildman–Crippen LogP) is 4.67. The minimum absolute atomic E-state index is 0.149. The van der Waals surface area contributed by atoms with E-state index < -0.39 is 10.0 Å². The summed E-state index contributed by atoms with van der Waals surface area (Å²) in [7, 11) is -3.74. The average Bonchev–Trinajstić information content (AvgIpc) is 3.32. The molecule has 172 valence electrons. The van der Waals surface area contributed by atoms with E-state index in [1.807, 2.05) is 18.2 Å². The molecule has 33 heavy (non-hydrogen) atoms. The third-order valence-electron chi connectivity index (χ3n) is 5.67. The zero-order chi connectivity index (χ0) is 23.3. The number of anilines is 1. The van der Waals surface area contributed by atoms with Crippen molar-refractivity contribution in [3.05, 3.63) is 94.5 Å². The Morgan fingerprint density at radius 2 is 1.58 bits per heavy atom. The number of likely N-dealkylation sites (tertiary alicyclic amines) is 1. The molecule has 0 spiro atoms. The number of hydrogen-bond donors (Lipinski definition) is 2. The molecule has 0 aromatic heterocycles. The largest absolute Gasteiger partial charge is 0.348 e. The number of rotatable bonds is 8. The molecule has 8 heteroatoms. The van der Waals surface area contributed by atoms with Crippen LogP contribution in [0.25, 0.3) is 0 Å². The highest BCUT2D eigenvalue weighted by Crippen LogP contribution is 2.24. The van der Waals surface area contributed by atoms with Crippen molar-refractivity contribution in [1.82, 2.24) is 10.2 Å². The molecule has 1 aliphatic heterocycles. The number of carbonyl (C=O) groups is 1. The molecule has 2 N–H and O–H groups in total. The van der Waals surface area contributed by atoms with E-state index in [1.165, 1.54) is 48.7 Å². The van der Waals surface area contributed by atoms with Crippen LogP contribution in [0.5, 0.6) is 0 Å². The normalized spacial score (nSPS) is 14.2. The third kappa shape index (κ3) is 5.93. The molecule has 0 saturated carbocycles. The van der Waals surface area contributed by atoms with E-state index in [2.05, 4.69) is 21.0 Å². The van der Waals surface area contributed by atoms with E-state index in [0.29, 0.717) is 6.54 Å². The third-order valence-corrected chi connectivity index (χ3v) is 7.38. The van der Waals surface area contributed by atoms with E-state index in [1.54, 1.807) is 18.2 Å². The van der Waals surface area contributed by atoms with Gasteiger partial charge in [0, 0.05) is 13.1 Å². The Bertz CT molecular complexity index is 1230. The number of halogens is 1.